The van der Waals surface area contributed by atoms with Crippen LogP contribution in [0.3, 0.4) is 0 Å². The first-order valence-electron chi connectivity index (χ1n) is 9.11. The van der Waals surface area contributed by atoms with E-state index in [9.17, 15) is 10.1 Å². The van der Waals surface area contributed by atoms with Gasteiger partial charge in [-0.3, -0.25) is 14.7 Å². The molecule has 29 heavy (non-hydrogen) atoms. The lowest BCUT2D eigenvalue weighted by atomic mass is 10.3. The normalized spacial score (nSPS) is 14.1. The number of nitrogens with zero attached hydrogens (tertiary/aromatic N) is 6. The molecule has 1 saturated heterocycles. The highest BCUT2D eigenvalue weighted by Crippen LogP contribution is 2.36. The molecule has 3 aromatic heterocycles. The number of furan rings is 1. The van der Waals surface area contributed by atoms with Gasteiger partial charge in [-0.15, -0.1) is 21.5 Å². The molecule has 5 rings (SSSR count). The first-order valence-corrected chi connectivity index (χ1v) is 10.7. The molecule has 1 aliphatic rings. The number of anilines is 1. The molecule has 1 fully saturated rings. The fraction of sp³-hybridized carbons (Fsp3) is 0.278. The minimum atomic E-state index is -0.395. The van der Waals surface area contributed by atoms with Crippen molar-refractivity contribution in [3.63, 3.8) is 0 Å². The van der Waals surface area contributed by atoms with Crippen molar-refractivity contribution >= 4 is 45.0 Å². The molecule has 4 heterocycles. The van der Waals surface area contributed by atoms with Gasteiger partial charge in [0.1, 0.15) is 5.76 Å². The summed E-state index contributed by atoms with van der Waals surface area (Å²) in [6.07, 6.45) is 3.95. The Morgan fingerprint density at radius 2 is 2.10 bits per heavy atom. The number of hydrogen-bond donors (Lipinski definition) is 0. The molecule has 0 saturated carbocycles. The summed E-state index contributed by atoms with van der Waals surface area (Å²) in [6, 6.07) is 8.50. The van der Waals surface area contributed by atoms with Crippen LogP contribution >= 0.6 is 23.1 Å². The Bertz CT molecular complexity index is 1160. The Kier molecular flexibility index (Phi) is 4.68. The number of fused-ring (bicyclic) bond motifs is 1. The maximum atomic E-state index is 11.0. The molecule has 9 nitrogen and oxygen atoms in total. The third-order valence-electron chi connectivity index (χ3n) is 4.72. The van der Waals surface area contributed by atoms with Crippen LogP contribution in [0.4, 0.5) is 11.6 Å². The average Bonchev–Trinajstić information content (AvgIpc) is 3.50. The predicted molar refractivity (Wildman–Crippen MR) is 110 cm³/mol. The molecule has 1 aliphatic heterocycles. The third-order valence-corrected chi connectivity index (χ3v) is 6.79. The molecule has 11 heteroatoms. The lowest BCUT2D eigenvalue weighted by Crippen LogP contribution is -2.22. The minimum Gasteiger partial charge on any atom is -0.467 e. The molecule has 0 bridgehead atoms. The van der Waals surface area contributed by atoms with Gasteiger partial charge in [0.15, 0.2) is 9.50 Å². The number of aromatic nitrogens is 4. The molecule has 0 unspecified atom stereocenters. The van der Waals surface area contributed by atoms with E-state index in [2.05, 4.69) is 20.1 Å². The fourth-order valence-corrected chi connectivity index (χ4v) is 5.36. The van der Waals surface area contributed by atoms with Crippen LogP contribution in [-0.2, 0) is 6.54 Å². The van der Waals surface area contributed by atoms with E-state index in [0.717, 1.165) is 57.4 Å². The van der Waals surface area contributed by atoms with Gasteiger partial charge in [0.05, 0.1) is 27.9 Å². The molecule has 0 N–H and O–H groups in total. The first-order chi connectivity index (χ1) is 14.2. The number of nitro groups is 1. The van der Waals surface area contributed by atoms with Gasteiger partial charge in [-0.1, -0.05) is 0 Å². The van der Waals surface area contributed by atoms with Crippen molar-refractivity contribution < 1.29 is 9.34 Å². The van der Waals surface area contributed by atoms with E-state index in [-0.39, 0.29) is 5.69 Å². The molecular weight excluding hydrogens is 412 g/mol. The summed E-state index contributed by atoms with van der Waals surface area (Å²) in [5.41, 5.74) is 0.801. The van der Waals surface area contributed by atoms with Crippen LogP contribution in [0, 0.1) is 10.1 Å². The number of thiazole rings is 1. The Hall–Kier alpha value is -2.92. The van der Waals surface area contributed by atoms with E-state index in [0.29, 0.717) is 6.54 Å². The van der Waals surface area contributed by atoms with Crippen LogP contribution in [0.15, 0.2) is 50.5 Å². The molecule has 0 amide bonds. The van der Waals surface area contributed by atoms with Gasteiger partial charge in [0, 0.05) is 25.2 Å². The van der Waals surface area contributed by atoms with E-state index in [1.807, 2.05) is 16.7 Å². The van der Waals surface area contributed by atoms with Gasteiger partial charge in [-0.25, -0.2) is 4.98 Å². The van der Waals surface area contributed by atoms with Crippen LogP contribution in [0.2, 0.25) is 0 Å². The Balaban J connectivity index is 1.48. The zero-order chi connectivity index (χ0) is 19.8. The van der Waals surface area contributed by atoms with Gasteiger partial charge >= 0.3 is 0 Å². The second-order valence-corrected chi connectivity index (χ2v) is 8.88. The number of non-ortho nitro benzene ring substituents is 1. The highest BCUT2D eigenvalue weighted by Gasteiger charge is 2.23. The SMILES string of the molecule is O=[N+]([O-])c1ccc2nc(Sc3nnc(N4CCCC4)n3Cc3ccco3)sc2c1. The summed E-state index contributed by atoms with van der Waals surface area (Å²) in [5, 5.41) is 20.6. The smallest absolute Gasteiger partial charge is 0.270 e. The molecule has 4 aromatic rings. The molecular formula is C18H16N6O3S2. The van der Waals surface area contributed by atoms with E-state index < -0.39 is 4.92 Å². The highest BCUT2D eigenvalue weighted by atomic mass is 32.2. The number of rotatable bonds is 6. The van der Waals surface area contributed by atoms with Crippen LogP contribution in [-0.4, -0.2) is 37.8 Å². The molecule has 0 aliphatic carbocycles. The van der Waals surface area contributed by atoms with Gasteiger partial charge in [0.25, 0.3) is 5.69 Å². The second kappa shape index (κ2) is 7.48. The van der Waals surface area contributed by atoms with Crippen molar-refractivity contribution in [2.75, 3.05) is 18.0 Å². The Morgan fingerprint density at radius 1 is 1.24 bits per heavy atom. The lowest BCUT2D eigenvalue weighted by Gasteiger charge is -2.17. The summed E-state index contributed by atoms with van der Waals surface area (Å²) < 4.78 is 9.12. The van der Waals surface area contributed by atoms with Crippen molar-refractivity contribution in [1.82, 2.24) is 19.7 Å². The van der Waals surface area contributed by atoms with Crippen molar-refractivity contribution in [3.05, 3.63) is 52.5 Å². The van der Waals surface area contributed by atoms with Crippen LogP contribution in [0.25, 0.3) is 10.2 Å². The largest absolute Gasteiger partial charge is 0.467 e. The maximum Gasteiger partial charge on any atom is 0.270 e. The zero-order valence-corrected chi connectivity index (χ0v) is 16.9. The summed E-state index contributed by atoms with van der Waals surface area (Å²) in [7, 11) is 0. The molecule has 0 radical (unpaired) electrons. The fourth-order valence-electron chi connectivity index (χ4n) is 3.33. The summed E-state index contributed by atoms with van der Waals surface area (Å²) in [4.78, 5) is 17.5. The lowest BCUT2D eigenvalue weighted by molar-refractivity contribution is -0.384. The van der Waals surface area contributed by atoms with Gasteiger partial charge in [-0.2, -0.15) is 0 Å². The van der Waals surface area contributed by atoms with Crippen LogP contribution in [0.5, 0.6) is 0 Å². The molecule has 148 valence electrons. The van der Waals surface area contributed by atoms with Crippen molar-refractivity contribution in [1.29, 1.82) is 0 Å². The van der Waals surface area contributed by atoms with Crippen molar-refractivity contribution in [2.24, 2.45) is 0 Å². The summed E-state index contributed by atoms with van der Waals surface area (Å²) >= 11 is 2.83. The zero-order valence-electron chi connectivity index (χ0n) is 15.2. The summed E-state index contributed by atoms with van der Waals surface area (Å²) in [5.74, 6) is 1.66. The van der Waals surface area contributed by atoms with E-state index in [1.165, 1.54) is 29.2 Å². The number of hydrogen-bond acceptors (Lipinski definition) is 9. The third kappa shape index (κ3) is 3.58. The standard InChI is InChI=1S/C18H16N6O3S2/c25-24(26)12-5-6-14-15(10-12)28-18(19-14)29-17-21-20-16(22-7-1-2-8-22)23(17)11-13-4-3-9-27-13/h3-6,9-10H,1-2,7-8,11H2. The maximum absolute atomic E-state index is 11.0. The minimum absolute atomic E-state index is 0.0648. The predicted octanol–water partition coefficient (Wildman–Crippen LogP) is 4.19. The molecule has 1 aromatic carbocycles. The van der Waals surface area contributed by atoms with Gasteiger partial charge in [0.2, 0.25) is 5.95 Å². The quantitative estimate of drug-likeness (QED) is 0.333. The molecule has 0 atom stereocenters. The average molecular weight is 428 g/mol. The first kappa shape index (κ1) is 18.1. The number of benzene rings is 1. The highest BCUT2D eigenvalue weighted by molar-refractivity contribution is 8.01. The van der Waals surface area contributed by atoms with E-state index in [1.54, 1.807) is 18.4 Å². The van der Waals surface area contributed by atoms with Crippen molar-refractivity contribution in [3.8, 4) is 0 Å². The van der Waals surface area contributed by atoms with Crippen molar-refractivity contribution in [2.45, 2.75) is 28.9 Å². The van der Waals surface area contributed by atoms with Crippen LogP contribution in [0.1, 0.15) is 18.6 Å². The number of nitro benzene ring substituents is 1. The monoisotopic (exact) mass is 428 g/mol. The Labute approximate surface area is 173 Å². The molecule has 0 spiro atoms. The Morgan fingerprint density at radius 3 is 2.86 bits per heavy atom. The summed E-state index contributed by atoms with van der Waals surface area (Å²) in [6.45, 7) is 2.46. The van der Waals surface area contributed by atoms with Gasteiger partial charge in [-0.05, 0) is 42.8 Å². The second-order valence-electron chi connectivity index (χ2n) is 6.63. The van der Waals surface area contributed by atoms with Crippen LogP contribution < -0.4 is 4.90 Å². The van der Waals surface area contributed by atoms with Gasteiger partial charge < -0.3 is 9.32 Å². The van der Waals surface area contributed by atoms with E-state index in [4.69, 9.17) is 4.42 Å². The topological polar surface area (TPSA) is 103 Å². The van der Waals surface area contributed by atoms with E-state index >= 15 is 0 Å².